The fraction of sp³-hybridized carbons (Fsp3) is 0.923. The quantitative estimate of drug-likeness (QED) is 0.748. The second-order valence-corrected chi connectivity index (χ2v) is 5.17. The number of amides is 1. The minimum atomic E-state index is 0.131. The first-order valence-electron chi connectivity index (χ1n) is 6.62. The van der Waals surface area contributed by atoms with Crippen molar-refractivity contribution in [2.45, 2.75) is 70.4 Å². The molecule has 94 valence electrons. The minimum absolute atomic E-state index is 0.131. The van der Waals surface area contributed by atoms with Gasteiger partial charge in [0.2, 0.25) is 5.91 Å². The van der Waals surface area contributed by atoms with E-state index < -0.39 is 0 Å². The number of hydrogen-bond acceptors (Lipinski definition) is 2. The zero-order chi connectivity index (χ0) is 12.0. The topological polar surface area (TPSA) is 46.3 Å². The van der Waals surface area contributed by atoms with Gasteiger partial charge in [0.1, 0.15) is 0 Å². The standard InChI is InChI=1S/C13H26N2O/c1-11(14)9-10-13(16)15(2)12-7-5-3-4-6-8-12/h11-12H,3-10,14H2,1-2H3. The van der Waals surface area contributed by atoms with E-state index in [4.69, 9.17) is 5.73 Å². The van der Waals surface area contributed by atoms with Crippen molar-refractivity contribution < 1.29 is 4.79 Å². The van der Waals surface area contributed by atoms with Crippen LogP contribution < -0.4 is 5.73 Å². The molecular weight excluding hydrogens is 200 g/mol. The molecule has 1 aliphatic carbocycles. The van der Waals surface area contributed by atoms with E-state index in [0.717, 1.165) is 6.42 Å². The van der Waals surface area contributed by atoms with E-state index in [9.17, 15) is 4.79 Å². The SMILES string of the molecule is CC(N)CCC(=O)N(C)C1CCCCCC1. The number of hydrogen-bond donors (Lipinski definition) is 1. The molecule has 0 saturated heterocycles. The Morgan fingerprint density at radius 2 is 1.88 bits per heavy atom. The Labute approximate surface area is 99.4 Å². The Kier molecular flexibility index (Phi) is 5.81. The van der Waals surface area contributed by atoms with Gasteiger partial charge in [-0.3, -0.25) is 4.79 Å². The first kappa shape index (κ1) is 13.5. The maximum atomic E-state index is 11.9. The fourth-order valence-electron chi connectivity index (χ4n) is 2.38. The van der Waals surface area contributed by atoms with E-state index >= 15 is 0 Å². The highest BCUT2D eigenvalue weighted by atomic mass is 16.2. The molecule has 1 amide bonds. The van der Waals surface area contributed by atoms with Crippen molar-refractivity contribution in [3.05, 3.63) is 0 Å². The van der Waals surface area contributed by atoms with Crippen LogP contribution in [0.4, 0.5) is 0 Å². The Balaban J connectivity index is 2.35. The van der Waals surface area contributed by atoms with Crippen LogP contribution in [0.15, 0.2) is 0 Å². The summed E-state index contributed by atoms with van der Waals surface area (Å²) < 4.78 is 0. The molecule has 1 atom stereocenters. The van der Waals surface area contributed by atoms with Gasteiger partial charge in [-0.05, 0) is 26.2 Å². The Hall–Kier alpha value is -0.570. The van der Waals surface area contributed by atoms with Gasteiger partial charge in [-0.25, -0.2) is 0 Å². The van der Waals surface area contributed by atoms with Gasteiger partial charge in [0.15, 0.2) is 0 Å². The molecule has 1 fully saturated rings. The van der Waals surface area contributed by atoms with Gasteiger partial charge in [0.05, 0.1) is 0 Å². The summed E-state index contributed by atoms with van der Waals surface area (Å²) in [6.45, 7) is 1.96. The lowest BCUT2D eigenvalue weighted by atomic mass is 10.1. The van der Waals surface area contributed by atoms with Gasteiger partial charge in [-0.1, -0.05) is 25.7 Å². The van der Waals surface area contributed by atoms with Crippen LogP contribution in [-0.2, 0) is 4.79 Å². The predicted octanol–water partition coefficient (Wildman–Crippen LogP) is 2.29. The molecule has 0 aromatic rings. The third-order valence-corrected chi connectivity index (χ3v) is 3.58. The van der Waals surface area contributed by atoms with E-state index in [1.165, 1.54) is 38.5 Å². The van der Waals surface area contributed by atoms with Crippen LogP contribution in [0.25, 0.3) is 0 Å². The van der Waals surface area contributed by atoms with Crippen molar-refractivity contribution in [3.8, 4) is 0 Å². The highest BCUT2D eigenvalue weighted by Gasteiger charge is 2.20. The lowest BCUT2D eigenvalue weighted by Gasteiger charge is -2.27. The van der Waals surface area contributed by atoms with E-state index in [0.29, 0.717) is 12.5 Å². The molecule has 0 radical (unpaired) electrons. The summed E-state index contributed by atoms with van der Waals surface area (Å²) in [6.07, 6.45) is 8.98. The average molecular weight is 226 g/mol. The van der Waals surface area contributed by atoms with E-state index in [2.05, 4.69) is 0 Å². The first-order valence-corrected chi connectivity index (χ1v) is 6.62. The first-order chi connectivity index (χ1) is 7.61. The van der Waals surface area contributed by atoms with Crippen LogP contribution in [0.5, 0.6) is 0 Å². The largest absolute Gasteiger partial charge is 0.343 e. The van der Waals surface area contributed by atoms with Crippen LogP contribution in [0.3, 0.4) is 0 Å². The van der Waals surface area contributed by atoms with Gasteiger partial charge < -0.3 is 10.6 Å². The van der Waals surface area contributed by atoms with Crippen molar-refractivity contribution >= 4 is 5.91 Å². The molecule has 0 spiro atoms. The molecule has 0 heterocycles. The molecule has 2 N–H and O–H groups in total. The Morgan fingerprint density at radius 1 is 1.31 bits per heavy atom. The van der Waals surface area contributed by atoms with Crippen LogP contribution in [0.1, 0.15) is 58.3 Å². The van der Waals surface area contributed by atoms with E-state index in [1.807, 2.05) is 18.9 Å². The van der Waals surface area contributed by atoms with Crippen LogP contribution in [-0.4, -0.2) is 29.9 Å². The maximum absolute atomic E-state index is 11.9. The summed E-state index contributed by atoms with van der Waals surface area (Å²) >= 11 is 0. The summed E-state index contributed by atoms with van der Waals surface area (Å²) in [6, 6.07) is 0.606. The summed E-state index contributed by atoms with van der Waals surface area (Å²) in [7, 11) is 1.96. The van der Waals surface area contributed by atoms with Gasteiger partial charge >= 0.3 is 0 Å². The molecule has 3 heteroatoms. The van der Waals surface area contributed by atoms with Crippen molar-refractivity contribution in [1.29, 1.82) is 0 Å². The van der Waals surface area contributed by atoms with Crippen molar-refractivity contribution in [3.63, 3.8) is 0 Å². The van der Waals surface area contributed by atoms with Crippen molar-refractivity contribution in [2.75, 3.05) is 7.05 Å². The second-order valence-electron chi connectivity index (χ2n) is 5.17. The van der Waals surface area contributed by atoms with Crippen LogP contribution in [0.2, 0.25) is 0 Å². The third-order valence-electron chi connectivity index (χ3n) is 3.58. The lowest BCUT2D eigenvalue weighted by Crippen LogP contribution is -2.37. The van der Waals surface area contributed by atoms with E-state index in [1.54, 1.807) is 0 Å². The summed E-state index contributed by atoms with van der Waals surface area (Å²) in [4.78, 5) is 13.9. The number of nitrogens with two attached hydrogens (primary N) is 1. The molecule has 3 nitrogen and oxygen atoms in total. The lowest BCUT2D eigenvalue weighted by molar-refractivity contribution is -0.132. The Morgan fingerprint density at radius 3 is 2.38 bits per heavy atom. The highest BCUT2D eigenvalue weighted by Crippen LogP contribution is 2.21. The zero-order valence-electron chi connectivity index (χ0n) is 10.7. The minimum Gasteiger partial charge on any atom is -0.343 e. The maximum Gasteiger partial charge on any atom is 0.222 e. The van der Waals surface area contributed by atoms with Crippen LogP contribution in [0, 0.1) is 0 Å². The van der Waals surface area contributed by atoms with Crippen molar-refractivity contribution in [2.24, 2.45) is 5.73 Å². The predicted molar refractivity (Wildman–Crippen MR) is 67.1 cm³/mol. The van der Waals surface area contributed by atoms with Gasteiger partial charge in [-0.2, -0.15) is 0 Å². The second kappa shape index (κ2) is 6.89. The molecule has 1 aliphatic rings. The van der Waals surface area contributed by atoms with Gasteiger partial charge in [0, 0.05) is 25.6 Å². The molecule has 0 bridgehead atoms. The molecule has 1 saturated carbocycles. The Bertz CT molecular complexity index is 208. The zero-order valence-corrected chi connectivity index (χ0v) is 10.7. The summed E-state index contributed by atoms with van der Waals surface area (Å²) in [5, 5.41) is 0. The molecule has 1 rings (SSSR count). The van der Waals surface area contributed by atoms with Crippen molar-refractivity contribution in [1.82, 2.24) is 4.90 Å². The summed E-state index contributed by atoms with van der Waals surface area (Å²) in [5.74, 6) is 0.268. The third kappa shape index (κ3) is 4.52. The average Bonchev–Trinajstić information content (AvgIpc) is 2.53. The number of carbonyl (C=O) groups is 1. The number of rotatable bonds is 4. The highest BCUT2D eigenvalue weighted by molar-refractivity contribution is 5.76. The molecule has 16 heavy (non-hydrogen) atoms. The van der Waals surface area contributed by atoms with Gasteiger partial charge in [0.25, 0.3) is 0 Å². The fourth-order valence-corrected chi connectivity index (χ4v) is 2.38. The smallest absolute Gasteiger partial charge is 0.222 e. The number of nitrogens with zero attached hydrogens (tertiary/aromatic N) is 1. The van der Waals surface area contributed by atoms with Crippen LogP contribution >= 0.6 is 0 Å². The van der Waals surface area contributed by atoms with Gasteiger partial charge in [-0.15, -0.1) is 0 Å². The molecule has 0 aromatic carbocycles. The molecule has 0 aliphatic heterocycles. The number of carbonyl (C=O) groups excluding carboxylic acids is 1. The van der Waals surface area contributed by atoms with E-state index in [-0.39, 0.29) is 11.9 Å². The molecule has 1 unspecified atom stereocenters. The molecular formula is C13H26N2O. The summed E-state index contributed by atoms with van der Waals surface area (Å²) in [5.41, 5.74) is 5.67. The monoisotopic (exact) mass is 226 g/mol. The molecule has 0 aromatic heterocycles. The normalized spacial score (nSPS) is 20.2.